The topological polar surface area (TPSA) is 72.9 Å². The molecule has 0 bridgehead atoms. The van der Waals surface area contributed by atoms with Gasteiger partial charge in [0, 0.05) is 19.5 Å². The Kier molecular flexibility index (Phi) is 4.84. The van der Waals surface area contributed by atoms with Gasteiger partial charge in [0.2, 0.25) is 0 Å². The lowest BCUT2D eigenvalue weighted by molar-refractivity contribution is 0.0273. The molecule has 0 aromatic heterocycles. The quantitative estimate of drug-likeness (QED) is 0.726. The molecule has 7 heteroatoms. The van der Waals surface area contributed by atoms with Crippen LogP contribution < -0.4 is 0 Å². The zero-order valence-corrected chi connectivity index (χ0v) is 12.6. The van der Waals surface area contributed by atoms with Gasteiger partial charge >= 0.3 is 16.2 Å². The molecule has 19 heavy (non-hydrogen) atoms. The molecule has 1 rings (SSSR count). The second-order valence-electron chi connectivity index (χ2n) is 5.49. The standard InChI is InChI=1S/C12H21NO5S/c1-12(2,3)17-11(14)13-8-5-6-10(7-9-13)18-19(4,15)16/h7H,5-6,8-9H2,1-4H3. The summed E-state index contributed by atoms with van der Waals surface area (Å²) in [5, 5.41) is 0. The Morgan fingerprint density at radius 2 is 2.00 bits per heavy atom. The normalized spacial score (nSPS) is 17.5. The van der Waals surface area contributed by atoms with E-state index in [2.05, 4.69) is 0 Å². The van der Waals surface area contributed by atoms with Crippen LogP contribution in [0.15, 0.2) is 11.8 Å². The number of amides is 1. The second kappa shape index (κ2) is 5.81. The molecule has 0 atom stereocenters. The predicted octanol–water partition coefficient (Wildman–Crippen LogP) is 1.88. The second-order valence-corrected chi connectivity index (χ2v) is 7.06. The summed E-state index contributed by atoms with van der Waals surface area (Å²) < 4.78 is 32.2. The van der Waals surface area contributed by atoms with Gasteiger partial charge in [-0.3, -0.25) is 0 Å². The van der Waals surface area contributed by atoms with Crippen LogP contribution in [0.2, 0.25) is 0 Å². The summed E-state index contributed by atoms with van der Waals surface area (Å²) >= 11 is 0. The van der Waals surface area contributed by atoms with Gasteiger partial charge in [-0.25, -0.2) is 4.79 Å². The maximum atomic E-state index is 11.9. The average Bonchev–Trinajstić information content (AvgIpc) is 2.38. The zero-order valence-electron chi connectivity index (χ0n) is 11.8. The van der Waals surface area contributed by atoms with E-state index in [1.165, 1.54) is 4.90 Å². The molecule has 0 aliphatic carbocycles. The van der Waals surface area contributed by atoms with Gasteiger partial charge in [-0.05, 0) is 33.3 Å². The minimum Gasteiger partial charge on any atom is -0.444 e. The summed E-state index contributed by atoms with van der Waals surface area (Å²) in [5.41, 5.74) is -0.542. The fourth-order valence-corrected chi connectivity index (χ4v) is 2.15. The highest BCUT2D eigenvalue weighted by Crippen LogP contribution is 2.17. The summed E-state index contributed by atoms with van der Waals surface area (Å²) in [6.07, 6.45) is 3.35. The molecule has 0 N–H and O–H groups in total. The molecule has 110 valence electrons. The third-order valence-electron chi connectivity index (χ3n) is 2.30. The maximum absolute atomic E-state index is 11.9. The number of rotatable bonds is 2. The van der Waals surface area contributed by atoms with Crippen LogP contribution >= 0.6 is 0 Å². The average molecular weight is 291 g/mol. The molecule has 0 saturated heterocycles. The number of carbonyl (C=O) groups is 1. The number of nitrogens with zero attached hydrogens (tertiary/aromatic N) is 1. The molecule has 0 unspecified atom stereocenters. The van der Waals surface area contributed by atoms with Crippen LogP contribution in [0.25, 0.3) is 0 Å². The van der Waals surface area contributed by atoms with E-state index in [-0.39, 0.29) is 0 Å². The third kappa shape index (κ3) is 6.47. The van der Waals surface area contributed by atoms with Gasteiger partial charge in [0.25, 0.3) is 0 Å². The van der Waals surface area contributed by atoms with Crippen molar-refractivity contribution < 1.29 is 22.1 Å². The summed E-state index contributed by atoms with van der Waals surface area (Å²) in [6.45, 7) is 6.21. The van der Waals surface area contributed by atoms with E-state index in [0.29, 0.717) is 31.7 Å². The van der Waals surface area contributed by atoms with Crippen molar-refractivity contribution in [3.63, 3.8) is 0 Å². The molecule has 0 fully saturated rings. The lowest BCUT2D eigenvalue weighted by Crippen LogP contribution is -2.37. The molecular weight excluding hydrogens is 270 g/mol. The van der Waals surface area contributed by atoms with Crippen LogP contribution in [0, 0.1) is 0 Å². The summed E-state index contributed by atoms with van der Waals surface area (Å²) in [6, 6.07) is 0. The van der Waals surface area contributed by atoms with E-state index in [1.807, 2.05) is 0 Å². The van der Waals surface area contributed by atoms with E-state index in [1.54, 1.807) is 26.8 Å². The number of allylic oxidation sites excluding steroid dienone is 1. The number of hydrogen-bond acceptors (Lipinski definition) is 5. The lowest BCUT2D eigenvalue weighted by Gasteiger charge is -2.25. The van der Waals surface area contributed by atoms with Crippen molar-refractivity contribution in [2.45, 2.75) is 39.2 Å². The molecule has 1 heterocycles. The first kappa shape index (κ1) is 15.8. The van der Waals surface area contributed by atoms with Crippen LogP contribution in [-0.4, -0.2) is 44.4 Å². The minimum atomic E-state index is -3.51. The molecule has 0 saturated carbocycles. The third-order valence-corrected chi connectivity index (χ3v) is 2.82. The summed E-state index contributed by atoms with van der Waals surface area (Å²) in [5.74, 6) is 0.383. The highest BCUT2D eigenvalue weighted by Gasteiger charge is 2.23. The molecule has 1 aliphatic rings. The van der Waals surface area contributed by atoms with Crippen molar-refractivity contribution in [3.05, 3.63) is 11.8 Å². The van der Waals surface area contributed by atoms with E-state index >= 15 is 0 Å². The van der Waals surface area contributed by atoms with Gasteiger partial charge in [-0.2, -0.15) is 8.42 Å². The Morgan fingerprint density at radius 1 is 1.37 bits per heavy atom. The molecular formula is C12H21NO5S. The molecule has 0 radical (unpaired) electrons. The van der Waals surface area contributed by atoms with Crippen LogP contribution in [0.4, 0.5) is 4.79 Å². The SMILES string of the molecule is CC(C)(C)OC(=O)N1CC=C(OS(C)(=O)=O)CCC1. The predicted molar refractivity (Wildman–Crippen MR) is 71.1 cm³/mol. The van der Waals surface area contributed by atoms with Crippen molar-refractivity contribution in [1.82, 2.24) is 4.90 Å². The van der Waals surface area contributed by atoms with Crippen LogP contribution in [0.3, 0.4) is 0 Å². The lowest BCUT2D eigenvalue weighted by atomic mass is 10.2. The van der Waals surface area contributed by atoms with E-state index in [4.69, 9.17) is 8.92 Å². The van der Waals surface area contributed by atoms with Gasteiger partial charge in [0.15, 0.2) is 0 Å². The molecule has 1 amide bonds. The minimum absolute atomic E-state index is 0.291. The Balaban J connectivity index is 2.64. The van der Waals surface area contributed by atoms with Crippen LogP contribution in [0.5, 0.6) is 0 Å². The van der Waals surface area contributed by atoms with Crippen LogP contribution in [-0.2, 0) is 19.0 Å². The number of carbonyl (C=O) groups excluding carboxylic acids is 1. The molecule has 0 aromatic rings. The van der Waals surface area contributed by atoms with E-state index in [0.717, 1.165) is 6.26 Å². The largest absolute Gasteiger partial charge is 0.444 e. The van der Waals surface area contributed by atoms with Gasteiger partial charge in [0.05, 0.1) is 6.26 Å². The van der Waals surface area contributed by atoms with Crippen molar-refractivity contribution >= 4 is 16.2 Å². The zero-order chi connectivity index (χ0) is 14.7. The summed E-state index contributed by atoms with van der Waals surface area (Å²) in [7, 11) is -3.51. The van der Waals surface area contributed by atoms with Gasteiger partial charge < -0.3 is 13.8 Å². The Morgan fingerprint density at radius 3 is 2.53 bits per heavy atom. The van der Waals surface area contributed by atoms with Gasteiger partial charge in [-0.1, -0.05) is 0 Å². The first-order valence-corrected chi connectivity index (χ1v) is 7.95. The van der Waals surface area contributed by atoms with Crippen LogP contribution in [0.1, 0.15) is 33.6 Å². The van der Waals surface area contributed by atoms with Crippen molar-refractivity contribution in [2.75, 3.05) is 19.3 Å². The Hall–Kier alpha value is -1.24. The van der Waals surface area contributed by atoms with Crippen molar-refractivity contribution in [2.24, 2.45) is 0 Å². The van der Waals surface area contributed by atoms with E-state index in [9.17, 15) is 13.2 Å². The molecule has 1 aliphatic heterocycles. The molecule has 0 spiro atoms. The van der Waals surface area contributed by atoms with Gasteiger partial charge in [-0.15, -0.1) is 0 Å². The Bertz CT molecular complexity index is 461. The monoisotopic (exact) mass is 291 g/mol. The highest BCUT2D eigenvalue weighted by molar-refractivity contribution is 7.86. The fourth-order valence-electron chi connectivity index (χ4n) is 1.61. The number of hydrogen-bond donors (Lipinski definition) is 0. The fraction of sp³-hybridized carbons (Fsp3) is 0.750. The first-order chi connectivity index (χ1) is 8.57. The van der Waals surface area contributed by atoms with Crippen molar-refractivity contribution in [1.29, 1.82) is 0 Å². The number of ether oxygens (including phenoxy) is 1. The van der Waals surface area contributed by atoms with E-state index < -0.39 is 21.8 Å². The molecule has 6 nitrogen and oxygen atoms in total. The van der Waals surface area contributed by atoms with Gasteiger partial charge in [0.1, 0.15) is 11.4 Å². The van der Waals surface area contributed by atoms with Crippen molar-refractivity contribution in [3.8, 4) is 0 Å². The summed E-state index contributed by atoms with van der Waals surface area (Å²) in [4.78, 5) is 13.4. The smallest absolute Gasteiger partial charge is 0.410 e. The molecule has 0 aromatic carbocycles. The highest BCUT2D eigenvalue weighted by atomic mass is 32.2. The maximum Gasteiger partial charge on any atom is 0.410 e. The first-order valence-electron chi connectivity index (χ1n) is 6.13. The Labute approximate surface area is 114 Å².